The maximum absolute atomic E-state index is 14.3. The van der Waals surface area contributed by atoms with Crippen molar-refractivity contribution in [1.82, 2.24) is 36.4 Å². The Morgan fingerprint density at radius 1 is 0.635 bits per heavy atom. The summed E-state index contributed by atoms with van der Waals surface area (Å²) in [5.41, 5.74) is 0.382. The van der Waals surface area contributed by atoms with Crippen LogP contribution >= 0.6 is 0 Å². The number of amides is 7. The Morgan fingerprint density at radius 3 is 1.68 bits per heavy atom. The van der Waals surface area contributed by atoms with Crippen molar-refractivity contribution >= 4 is 41.4 Å². The first-order valence-corrected chi connectivity index (χ1v) is 26.8. The summed E-state index contributed by atoms with van der Waals surface area (Å²) in [7, 11) is 0. The molecule has 0 aromatic heterocycles. The summed E-state index contributed by atoms with van der Waals surface area (Å²) in [6.45, 7) is 5.23. The normalized spacial score (nSPS) is 29.0. The Kier molecular flexibility index (Phi) is 25.4. The molecule has 0 aliphatic carbocycles. The second-order valence-electron chi connectivity index (χ2n) is 20.8. The molecule has 4 rings (SSSR count). The Balaban J connectivity index is 1.58. The smallest absolute Gasteiger partial charge is 0.248 e. The third-order valence-electron chi connectivity index (χ3n) is 14.4. The number of aliphatic hydroxyl groups is 7. The van der Waals surface area contributed by atoms with Gasteiger partial charge in [0.1, 0.15) is 48.1 Å². The van der Waals surface area contributed by atoms with E-state index in [4.69, 9.17) is 0 Å². The van der Waals surface area contributed by atoms with Gasteiger partial charge in [-0.3, -0.25) is 33.6 Å². The number of phenols is 1. The van der Waals surface area contributed by atoms with Gasteiger partial charge in [-0.05, 0) is 38.0 Å². The van der Waals surface area contributed by atoms with Crippen LogP contribution in [0.2, 0.25) is 0 Å². The monoisotopic (exact) mass is 1050 g/mol. The Bertz CT molecular complexity index is 1980. The van der Waals surface area contributed by atoms with Gasteiger partial charge in [0.25, 0.3) is 0 Å². The number of nitrogens with one attached hydrogen (secondary N) is 5. The molecule has 3 fully saturated rings. The summed E-state index contributed by atoms with van der Waals surface area (Å²) in [5.74, 6) is -8.29. The predicted octanol–water partition coefficient (Wildman–Crippen LogP) is -0.373. The number of aromatic hydroxyl groups is 1. The van der Waals surface area contributed by atoms with Crippen LogP contribution in [-0.4, -0.2) is 184 Å². The third kappa shape index (κ3) is 18.4. The fourth-order valence-electron chi connectivity index (χ4n) is 9.92. The lowest BCUT2D eigenvalue weighted by Crippen LogP contribution is -2.64. The summed E-state index contributed by atoms with van der Waals surface area (Å²) in [6.07, 6.45) is 2.79. The van der Waals surface area contributed by atoms with Gasteiger partial charge in [-0.2, -0.15) is 0 Å². The summed E-state index contributed by atoms with van der Waals surface area (Å²) in [6, 6.07) is -5.23. The highest BCUT2D eigenvalue weighted by atomic mass is 16.3. The molecule has 22 nitrogen and oxygen atoms in total. The molecular formula is C52H85N7O15. The molecule has 3 aliphatic rings. The molecule has 3 saturated heterocycles. The van der Waals surface area contributed by atoms with E-state index in [1.54, 1.807) is 0 Å². The van der Waals surface area contributed by atoms with Gasteiger partial charge in [-0.1, -0.05) is 116 Å². The van der Waals surface area contributed by atoms with E-state index in [-0.39, 0.29) is 25.1 Å². The van der Waals surface area contributed by atoms with Gasteiger partial charge in [-0.15, -0.1) is 0 Å². The average molecular weight is 1050 g/mol. The standard InChI is InChI=1S/C52H85N7O15/c1-5-6-7-8-9-10-11-12-13-14-15-16-17-18-19-20-40(66)53-36-27-39(65)48(70)57-50(72)44-45(67)30(2)28-59(44)52(74)42(32(4)61)55-49(71)43(38(64)25-33-21-23-34(62)24-22-33)56-47(69)37-26-35(63)29-58(37)51(73)41(31(3)60)54-46(36)68/h21-24,30-32,35-39,41-45,48,60-65,67,70H,5-20,25-29H2,1-4H3,(H,53,66)(H,54,68)(H,55,71)(H,56,69)(H,57,72)/t30-,31+,32+,35+,36-,37-,38+,39+,41-,42-,43-,44-,45-,48+/m0/s1. The molecule has 7 amide bonds. The SMILES string of the molecule is CCCCCCCCCCCCCCCCCC(=O)N[C@H]1C[C@@H](O)[C@@H](O)NC(=O)[C@@H]2[C@@H](O)[C@@H](C)CN2C(=O)[C@H]([C@@H](C)O)NC(=O)[C@H]([C@H](O)Cc2ccc(O)cc2)NC(=O)[C@@H]2C[C@@H](O)CN2C(=O)[C@H]([C@@H](C)O)NC1=O. The van der Waals surface area contributed by atoms with Crippen LogP contribution < -0.4 is 26.6 Å². The lowest BCUT2D eigenvalue weighted by Gasteiger charge is -2.33. The van der Waals surface area contributed by atoms with Gasteiger partial charge < -0.3 is 77.2 Å². The summed E-state index contributed by atoms with van der Waals surface area (Å²) in [5, 5.41) is 99.5. The van der Waals surface area contributed by atoms with Crippen molar-refractivity contribution in [2.75, 3.05) is 13.1 Å². The first-order valence-electron chi connectivity index (χ1n) is 26.8. The van der Waals surface area contributed by atoms with Crippen LogP contribution in [-0.2, 0) is 40.0 Å². The highest BCUT2D eigenvalue weighted by Crippen LogP contribution is 2.27. The van der Waals surface area contributed by atoms with E-state index >= 15 is 0 Å². The van der Waals surface area contributed by atoms with Crippen LogP contribution in [0, 0.1) is 5.92 Å². The van der Waals surface area contributed by atoms with Gasteiger partial charge in [0.15, 0.2) is 6.23 Å². The van der Waals surface area contributed by atoms with Crippen molar-refractivity contribution in [1.29, 1.82) is 0 Å². The third-order valence-corrected chi connectivity index (χ3v) is 14.4. The van der Waals surface area contributed by atoms with Gasteiger partial charge in [0.2, 0.25) is 41.4 Å². The van der Waals surface area contributed by atoms with Gasteiger partial charge in [0, 0.05) is 44.7 Å². The number of fused-ring (bicyclic) bond motifs is 2. The van der Waals surface area contributed by atoms with E-state index in [2.05, 4.69) is 33.5 Å². The van der Waals surface area contributed by atoms with Crippen molar-refractivity contribution in [3.05, 3.63) is 29.8 Å². The van der Waals surface area contributed by atoms with Crippen LogP contribution in [0.4, 0.5) is 0 Å². The van der Waals surface area contributed by atoms with Gasteiger partial charge >= 0.3 is 0 Å². The second kappa shape index (κ2) is 30.5. The van der Waals surface area contributed by atoms with Crippen LogP contribution in [0.3, 0.4) is 0 Å². The van der Waals surface area contributed by atoms with E-state index in [9.17, 15) is 74.4 Å². The van der Waals surface area contributed by atoms with Crippen molar-refractivity contribution in [2.24, 2.45) is 5.92 Å². The summed E-state index contributed by atoms with van der Waals surface area (Å²) >= 11 is 0. The molecule has 3 heterocycles. The van der Waals surface area contributed by atoms with E-state index < -0.39 is 146 Å². The molecule has 0 spiro atoms. The van der Waals surface area contributed by atoms with Crippen LogP contribution in [0.1, 0.15) is 149 Å². The lowest BCUT2D eigenvalue weighted by atomic mass is 9.99. The average Bonchev–Trinajstić information content (AvgIpc) is 3.89. The molecule has 22 heteroatoms. The van der Waals surface area contributed by atoms with Gasteiger partial charge in [-0.25, -0.2) is 0 Å². The largest absolute Gasteiger partial charge is 0.508 e. The Hall–Kier alpha value is -4.97. The molecule has 1 aromatic rings. The molecule has 0 bridgehead atoms. The summed E-state index contributed by atoms with van der Waals surface area (Å²) in [4.78, 5) is 100. The lowest BCUT2D eigenvalue weighted by molar-refractivity contribution is -0.148. The number of hydrogen-bond donors (Lipinski definition) is 13. The molecular weight excluding hydrogens is 963 g/mol. The maximum atomic E-state index is 14.3. The molecule has 0 saturated carbocycles. The van der Waals surface area contributed by atoms with Crippen molar-refractivity contribution < 1.29 is 74.4 Å². The fraction of sp³-hybridized carbons (Fsp3) is 0.750. The predicted molar refractivity (Wildman–Crippen MR) is 270 cm³/mol. The zero-order chi connectivity index (χ0) is 54.6. The number of hydrogen-bond acceptors (Lipinski definition) is 15. The minimum atomic E-state index is -2.19. The first-order chi connectivity index (χ1) is 35.1. The van der Waals surface area contributed by atoms with Crippen molar-refractivity contribution in [3.63, 3.8) is 0 Å². The highest BCUT2D eigenvalue weighted by molar-refractivity contribution is 5.98. The minimum absolute atomic E-state index is 0.0320. The Morgan fingerprint density at radius 2 is 1.14 bits per heavy atom. The van der Waals surface area contributed by atoms with E-state index in [1.807, 2.05) is 0 Å². The molecule has 418 valence electrons. The number of aliphatic hydroxyl groups excluding tert-OH is 7. The highest BCUT2D eigenvalue weighted by Gasteiger charge is 2.50. The number of unbranched alkanes of at least 4 members (excludes halogenated alkanes) is 14. The minimum Gasteiger partial charge on any atom is -0.508 e. The number of carbonyl (C=O) groups is 7. The van der Waals surface area contributed by atoms with Crippen LogP contribution in [0.15, 0.2) is 24.3 Å². The number of phenolic OH excluding ortho intramolecular Hbond substituents is 1. The molecule has 0 unspecified atom stereocenters. The van der Waals surface area contributed by atoms with E-state index in [0.29, 0.717) is 12.0 Å². The fourth-order valence-corrected chi connectivity index (χ4v) is 9.92. The molecule has 14 atom stereocenters. The number of nitrogens with zero attached hydrogens (tertiary/aromatic N) is 2. The molecule has 74 heavy (non-hydrogen) atoms. The van der Waals surface area contributed by atoms with Crippen molar-refractivity contribution in [3.8, 4) is 5.75 Å². The molecule has 0 radical (unpaired) electrons. The van der Waals surface area contributed by atoms with E-state index in [1.165, 1.54) is 89.0 Å². The molecule has 1 aromatic carbocycles. The van der Waals surface area contributed by atoms with Crippen LogP contribution in [0.5, 0.6) is 5.75 Å². The Labute approximate surface area is 434 Å². The van der Waals surface area contributed by atoms with Gasteiger partial charge in [0.05, 0.1) is 30.5 Å². The second-order valence-corrected chi connectivity index (χ2v) is 20.8. The quantitative estimate of drug-likeness (QED) is 0.0659. The first kappa shape index (κ1) is 61.6. The molecule has 3 aliphatic heterocycles. The van der Waals surface area contributed by atoms with Crippen LogP contribution in [0.25, 0.3) is 0 Å². The molecule has 13 N–H and O–H groups in total. The zero-order valence-electron chi connectivity index (χ0n) is 43.6. The van der Waals surface area contributed by atoms with E-state index in [0.717, 1.165) is 55.8 Å². The number of carbonyl (C=O) groups excluding carboxylic acids is 7. The maximum Gasteiger partial charge on any atom is 0.248 e. The van der Waals surface area contributed by atoms with Crippen molar-refractivity contribution in [2.45, 2.75) is 229 Å². The summed E-state index contributed by atoms with van der Waals surface area (Å²) < 4.78 is 0. The number of benzene rings is 1. The number of rotatable bonds is 22. The topological polar surface area (TPSA) is 348 Å². The zero-order valence-corrected chi connectivity index (χ0v) is 43.6.